The summed E-state index contributed by atoms with van der Waals surface area (Å²) in [5.74, 6) is 0.651. The number of thiocarbonyl (C=S) groups is 1. The van der Waals surface area contributed by atoms with Gasteiger partial charge in [0.2, 0.25) is 0 Å². The van der Waals surface area contributed by atoms with Crippen LogP contribution in [0.1, 0.15) is 23.7 Å². The number of hydrogen-bond donors (Lipinski definition) is 0. The summed E-state index contributed by atoms with van der Waals surface area (Å²) in [5.41, 5.74) is 1.39. The zero-order valence-electron chi connectivity index (χ0n) is 11.1. The van der Waals surface area contributed by atoms with Crippen LogP contribution in [-0.4, -0.2) is 33.4 Å². The van der Waals surface area contributed by atoms with Crippen molar-refractivity contribution in [2.24, 2.45) is 0 Å². The van der Waals surface area contributed by atoms with Gasteiger partial charge in [0.1, 0.15) is 3.94 Å². The molecule has 20 heavy (non-hydrogen) atoms. The van der Waals surface area contributed by atoms with E-state index in [9.17, 15) is 9.36 Å². The Hall–Kier alpha value is -0.840. The fourth-order valence-corrected chi connectivity index (χ4v) is 7.90. The first-order valence-electron chi connectivity index (χ1n) is 6.57. The number of anilines is 1. The molecule has 1 atom stereocenters. The number of carbonyl (C=O) groups is 1. The average Bonchev–Trinajstić information content (AvgIpc) is 2.46. The number of hydrogen-bond acceptors (Lipinski definition) is 4. The highest BCUT2D eigenvalue weighted by Gasteiger charge is 2.50. The summed E-state index contributed by atoms with van der Waals surface area (Å²) in [5, 5.41) is 0. The highest BCUT2D eigenvalue weighted by Crippen LogP contribution is 2.64. The molecular formula is C13H15N2O2PS2. The van der Waals surface area contributed by atoms with Gasteiger partial charge in [0.15, 0.2) is 0 Å². The maximum absolute atomic E-state index is 13.5. The molecule has 1 amide bonds. The number of rotatable bonds is 2. The van der Waals surface area contributed by atoms with Crippen LogP contribution in [0.15, 0.2) is 24.3 Å². The molecule has 2 aliphatic heterocycles. The number of amides is 1. The molecule has 106 valence electrons. The molecule has 7 heteroatoms. The van der Waals surface area contributed by atoms with Crippen molar-refractivity contribution in [2.45, 2.75) is 13.3 Å². The van der Waals surface area contributed by atoms with Gasteiger partial charge in [0.05, 0.1) is 11.3 Å². The number of benzene rings is 1. The third-order valence-electron chi connectivity index (χ3n) is 3.50. The van der Waals surface area contributed by atoms with Gasteiger partial charge in [-0.05, 0) is 18.6 Å². The number of carbonyl (C=O) groups excluding carboxylic acids is 1. The summed E-state index contributed by atoms with van der Waals surface area (Å²) < 4.78 is 17.3. The molecule has 1 unspecified atom stereocenters. The van der Waals surface area contributed by atoms with Gasteiger partial charge < -0.3 is 4.67 Å². The molecule has 2 heterocycles. The zero-order chi connectivity index (χ0) is 14.3. The topological polar surface area (TPSA) is 40.6 Å². The van der Waals surface area contributed by atoms with E-state index in [1.165, 1.54) is 16.4 Å². The van der Waals surface area contributed by atoms with Crippen molar-refractivity contribution >= 4 is 47.0 Å². The lowest BCUT2D eigenvalue weighted by molar-refractivity contribution is 0.0857. The second-order valence-corrected chi connectivity index (χ2v) is 9.60. The van der Waals surface area contributed by atoms with E-state index in [-0.39, 0.29) is 5.91 Å². The van der Waals surface area contributed by atoms with Crippen molar-refractivity contribution in [3.05, 3.63) is 29.8 Å². The summed E-state index contributed by atoms with van der Waals surface area (Å²) in [4.78, 5) is 12.7. The highest BCUT2D eigenvalue weighted by atomic mass is 32.2. The molecule has 1 fully saturated rings. The Morgan fingerprint density at radius 2 is 2.15 bits per heavy atom. The standard InChI is InChI=1S/C13H15N2O2PS2/c1-2-7-15-12(16)10-5-3-4-6-11(10)14-8-9-20-13(19)18(14,15)17/h3-6H,2,7-9H2,1H3. The number of para-hydroxylation sites is 1. The molecule has 2 aliphatic rings. The Morgan fingerprint density at radius 3 is 2.90 bits per heavy atom. The molecule has 1 aromatic rings. The van der Waals surface area contributed by atoms with E-state index in [0.717, 1.165) is 17.9 Å². The third-order valence-corrected chi connectivity index (χ3v) is 8.89. The van der Waals surface area contributed by atoms with E-state index in [4.69, 9.17) is 12.2 Å². The SMILES string of the molecule is CCCN1C(=O)c2ccccc2N2CCSC(=S)P12=O. The van der Waals surface area contributed by atoms with Crippen LogP contribution < -0.4 is 4.67 Å². The minimum atomic E-state index is -3.11. The molecule has 0 aromatic heterocycles. The predicted molar refractivity (Wildman–Crippen MR) is 87.8 cm³/mol. The van der Waals surface area contributed by atoms with E-state index in [2.05, 4.69) is 0 Å². The smallest absolute Gasteiger partial charge is 0.301 e. The van der Waals surface area contributed by atoms with Gasteiger partial charge in [-0.3, -0.25) is 14.0 Å². The quantitative estimate of drug-likeness (QED) is 0.614. The lowest BCUT2D eigenvalue weighted by atomic mass is 10.1. The van der Waals surface area contributed by atoms with Crippen LogP contribution in [0.3, 0.4) is 0 Å². The van der Waals surface area contributed by atoms with Gasteiger partial charge in [-0.2, -0.15) is 0 Å². The molecule has 1 aromatic carbocycles. The largest absolute Gasteiger partial charge is 0.312 e. The fourth-order valence-electron chi connectivity index (χ4n) is 2.62. The van der Waals surface area contributed by atoms with Gasteiger partial charge >= 0.3 is 7.44 Å². The number of nitrogens with zero attached hydrogens (tertiary/aromatic N) is 2. The molecule has 0 spiro atoms. The van der Waals surface area contributed by atoms with Gasteiger partial charge in [-0.25, -0.2) is 0 Å². The normalized spacial score (nSPS) is 25.4. The van der Waals surface area contributed by atoms with Gasteiger partial charge in [0.25, 0.3) is 5.91 Å². The molecule has 0 saturated carbocycles. The van der Waals surface area contributed by atoms with E-state index in [0.29, 0.717) is 22.6 Å². The first-order chi connectivity index (χ1) is 9.60. The van der Waals surface area contributed by atoms with Crippen molar-refractivity contribution in [2.75, 3.05) is 23.5 Å². The van der Waals surface area contributed by atoms with Gasteiger partial charge in [-0.15, -0.1) is 11.8 Å². The van der Waals surface area contributed by atoms with Gasteiger partial charge in [0, 0.05) is 18.8 Å². The Morgan fingerprint density at radius 1 is 1.40 bits per heavy atom. The summed E-state index contributed by atoms with van der Waals surface area (Å²) in [6, 6.07) is 7.38. The Balaban J connectivity index is 2.22. The first-order valence-corrected chi connectivity index (χ1v) is 9.58. The van der Waals surface area contributed by atoms with E-state index >= 15 is 0 Å². The van der Waals surface area contributed by atoms with E-state index < -0.39 is 7.44 Å². The summed E-state index contributed by atoms with van der Waals surface area (Å²) >= 11 is 6.80. The second kappa shape index (κ2) is 5.17. The molecule has 3 rings (SSSR count). The fraction of sp³-hybridized carbons (Fsp3) is 0.385. The third kappa shape index (κ3) is 1.85. The van der Waals surface area contributed by atoms with Crippen LogP contribution in [-0.2, 0) is 4.57 Å². The van der Waals surface area contributed by atoms with Crippen LogP contribution in [0.2, 0.25) is 0 Å². The lowest BCUT2D eigenvalue weighted by Crippen LogP contribution is -2.46. The second-order valence-electron chi connectivity index (χ2n) is 4.73. The number of thioether (sulfide) groups is 1. The minimum absolute atomic E-state index is 0.160. The van der Waals surface area contributed by atoms with Crippen molar-refractivity contribution < 1.29 is 9.36 Å². The molecule has 4 nitrogen and oxygen atoms in total. The lowest BCUT2D eigenvalue weighted by Gasteiger charge is -2.46. The van der Waals surface area contributed by atoms with Gasteiger partial charge in [-0.1, -0.05) is 31.3 Å². The van der Waals surface area contributed by atoms with Crippen LogP contribution in [0.25, 0.3) is 0 Å². The average molecular weight is 326 g/mol. The maximum Gasteiger partial charge on any atom is 0.312 e. The molecule has 1 saturated heterocycles. The molecule has 0 radical (unpaired) electrons. The van der Waals surface area contributed by atoms with Crippen LogP contribution in [0, 0.1) is 0 Å². The molecule has 0 aliphatic carbocycles. The first kappa shape index (κ1) is 14.1. The molecule has 0 N–H and O–H groups in total. The number of fused-ring (bicyclic) bond motifs is 3. The molecule has 0 bridgehead atoms. The van der Waals surface area contributed by atoms with E-state index in [1.807, 2.05) is 29.8 Å². The Labute approximate surface area is 128 Å². The van der Waals surface area contributed by atoms with Crippen molar-refractivity contribution in [3.63, 3.8) is 0 Å². The Kier molecular flexibility index (Phi) is 3.65. The zero-order valence-corrected chi connectivity index (χ0v) is 13.6. The van der Waals surface area contributed by atoms with Crippen molar-refractivity contribution in [3.8, 4) is 0 Å². The maximum atomic E-state index is 13.5. The molecular weight excluding hydrogens is 311 g/mol. The van der Waals surface area contributed by atoms with Crippen LogP contribution >= 0.6 is 31.4 Å². The Bertz CT molecular complexity index is 635. The summed E-state index contributed by atoms with van der Waals surface area (Å²) in [7, 11) is -3.11. The van der Waals surface area contributed by atoms with E-state index in [1.54, 1.807) is 6.07 Å². The van der Waals surface area contributed by atoms with Crippen molar-refractivity contribution in [1.29, 1.82) is 0 Å². The highest BCUT2D eigenvalue weighted by molar-refractivity contribution is 8.37. The minimum Gasteiger partial charge on any atom is -0.301 e. The predicted octanol–water partition coefficient (Wildman–Crippen LogP) is 3.58. The monoisotopic (exact) mass is 326 g/mol. The van der Waals surface area contributed by atoms with Crippen molar-refractivity contribution in [1.82, 2.24) is 4.67 Å². The summed E-state index contributed by atoms with van der Waals surface area (Å²) in [6.07, 6.45) is 0.763. The summed E-state index contributed by atoms with van der Waals surface area (Å²) in [6.45, 7) is 3.11. The van der Waals surface area contributed by atoms with Crippen LogP contribution in [0.5, 0.6) is 0 Å². The van der Waals surface area contributed by atoms with Crippen LogP contribution in [0.4, 0.5) is 5.69 Å².